The normalized spacial score (nSPS) is 12.7. The Bertz CT molecular complexity index is 1120. The molecule has 0 bridgehead atoms. The lowest BCUT2D eigenvalue weighted by molar-refractivity contribution is -0.908. The molecule has 4 rings (SSSR count). The van der Waals surface area contributed by atoms with Gasteiger partial charge in [-0.1, -0.05) is 30.3 Å². The maximum absolute atomic E-state index is 13.8. The number of furan rings is 1. The van der Waals surface area contributed by atoms with Crippen molar-refractivity contribution < 1.29 is 13.7 Å². The number of hydrogen-bond acceptors (Lipinski definition) is 3. The lowest BCUT2D eigenvalue weighted by atomic mass is 10.2. The van der Waals surface area contributed by atoms with Gasteiger partial charge in [0, 0.05) is 10.9 Å². The molecule has 0 amide bonds. The highest BCUT2D eigenvalue weighted by molar-refractivity contribution is 6.01. The van der Waals surface area contributed by atoms with Gasteiger partial charge in [0.15, 0.2) is 5.82 Å². The fourth-order valence-electron chi connectivity index (χ4n) is 3.05. The van der Waals surface area contributed by atoms with Crippen molar-refractivity contribution in [2.75, 3.05) is 7.05 Å². The first-order valence-corrected chi connectivity index (χ1v) is 8.07. The molecule has 4 aromatic rings. The second kappa shape index (κ2) is 6.14. The minimum Gasteiger partial charge on any atom is -0.449 e. The van der Waals surface area contributed by atoms with E-state index < -0.39 is 0 Å². The maximum Gasteiger partial charge on any atom is 0.294 e. The zero-order valence-corrected chi connectivity index (χ0v) is 13.7. The van der Waals surface area contributed by atoms with E-state index in [1.807, 2.05) is 37.4 Å². The largest absolute Gasteiger partial charge is 0.449 e. The van der Waals surface area contributed by atoms with Gasteiger partial charge in [-0.3, -0.25) is 4.79 Å². The number of nitrogens with one attached hydrogen (secondary N) is 2. The second-order valence-electron chi connectivity index (χ2n) is 6.19. The molecule has 2 aromatic heterocycles. The quantitative estimate of drug-likeness (QED) is 0.598. The number of quaternary nitrogens is 1. The van der Waals surface area contributed by atoms with Crippen LogP contribution in [-0.2, 0) is 13.1 Å². The van der Waals surface area contributed by atoms with Crippen molar-refractivity contribution in [3.05, 3.63) is 76.1 Å². The number of nitrogens with zero attached hydrogens (tertiary/aromatic N) is 1. The fourth-order valence-corrected chi connectivity index (χ4v) is 3.05. The van der Waals surface area contributed by atoms with Gasteiger partial charge in [-0.25, -0.2) is 9.37 Å². The molecule has 2 aromatic carbocycles. The van der Waals surface area contributed by atoms with Crippen LogP contribution in [0.15, 0.2) is 57.7 Å². The van der Waals surface area contributed by atoms with Crippen LogP contribution in [-0.4, -0.2) is 17.0 Å². The summed E-state index contributed by atoms with van der Waals surface area (Å²) in [6.07, 6.45) is 0. The van der Waals surface area contributed by atoms with Gasteiger partial charge in [-0.05, 0) is 18.2 Å². The molecule has 25 heavy (non-hydrogen) atoms. The summed E-state index contributed by atoms with van der Waals surface area (Å²) in [7, 11) is 1.93. The van der Waals surface area contributed by atoms with Crippen LogP contribution in [0.25, 0.3) is 22.1 Å². The third kappa shape index (κ3) is 2.92. The molecule has 5 nitrogen and oxygen atoms in total. The van der Waals surface area contributed by atoms with Gasteiger partial charge in [0.05, 0.1) is 7.05 Å². The van der Waals surface area contributed by atoms with Crippen LogP contribution in [0.3, 0.4) is 0 Å². The van der Waals surface area contributed by atoms with E-state index in [2.05, 4.69) is 9.97 Å². The predicted octanol–water partition coefficient (Wildman–Crippen LogP) is 2.02. The van der Waals surface area contributed by atoms with E-state index in [0.717, 1.165) is 10.3 Å². The summed E-state index contributed by atoms with van der Waals surface area (Å²) in [6, 6.07) is 14.1. The molecule has 0 aliphatic heterocycles. The zero-order valence-electron chi connectivity index (χ0n) is 13.7. The molecule has 0 saturated heterocycles. The number of aromatic nitrogens is 2. The van der Waals surface area contributed by atoms with Gasteiger partial charge in [0.2, 0.25) is 5.58 Å². The van der Waals surface area contributed by atoms with Crippen LogP contribution < -0.4 is 10.5 Å². The minimum absolute atomic E-state index is 0.223. The van der Waals surface area contributed by atoms with Crippen molar-refractivity contribution in [2.24, 2.45) is 0 Å². The fraction of sp³-hybridized carbons (Fsp3) is 0.158. The highest BCUT2D eigenvalue weighted by Crippen LogP contribution is 2.24. The molecular formula is C19H17FN3O2+. The molecule has 0 spiro atoms. The smallest absolute Gasteiger partial charge is 0.294 e. The van der Waals surface area contributed by atoms with Gasteiger partial charge in [0.25, 0.3) is 5.56 Å². The van der Waals surface area contributed by atoms with Crippen LogP contribution in [0, 0.1) is 5.82 Å². The van der Waals surface area contributed by atoms with Crippen molar-refractivity contribution >= 4 is 22.1 Å². The highest BCUT2D eigenvalue weighted by atomic mass is 19.1. The lowest BCUT2D eigenvalue weighted by Crippen LogP contribution is -3.06. The standard InChI is InChI=1S/C19H16FN3O2/c1-23(10-12-6-2-4-8-14(12)20)11-16-21-17-13-7-3-5-9-15(13)25-18(17)19(24)22-16/h2-9H,10-11H2,1H3,(H,21,22,24)/p+1. The van der Waals surface area contributed by atoms with E-state index in [1.54, 1.807) is 12.1 Å². The van der Waals surface area contributed by atoms with Crippen molar-refractivity contribution in [1.29, 1.82) is 0 Å². The van der Waals surface area contributed by atoms with Crippen LogP contribution in [0.5, 0.6) is 0 Å². The predicted molar refractivity (Wildman–Crippen MR) is 92.8 cm³/mol. The molecule has 0 saturated carbocycles. The summed E-state index contributed by atoms with van der Waals surface area (Å²) in [5, 5.41) is 0.816. The first kappa shape index (κ1) is 15.5. The van der Waals surface area contributed by atoms with Crippen LogP contribution in [0.2, 0.25) is 0 Å². The summed E-state index contributed by atoms with van der Waals surface area (Å²) in [5.74, 6) is 0.331. The summed E-state index contributed by atoms with van der Waals surface area (Å²) in [5.41, 5.74) is 1.77. The number of fused-ring (bicyclic) bond motifs is 3. The molecule has 0 fully saturated rings. The number of rotatable bonds is 4. The van der Waals surface area contributed by atoms with Gasteiger partial charge in [-0.15, -0.1) is 0 Å². The van der Waals surface area contributed by atoms with Gasteiger partial charge < -0.3 is 14.3 Å². The monoisotopic (exact) mass is 338 g/mol. The number of aromatic amines is 1. The van der Waals surface area contributed by atoms with Crippen molar-refractivity contribution in [2.45, 2.75) is 13.1 Å². The van der Waals surface area contributed by atoms with Crippen LogP contribution >= 0.6 is 0 Å². The minimum atomic E-state index is -0.296. The second-order valence-corrected chi connectivity index (χ2v) is 6.19. The molecular weight excluding hydrogens is 321 g/mol. The molecule has 0 aliphatic rings. The van der Waals surface area contributed by atoms with Crippen molar-refractivity contribution in [1.82, 2.24) is 9.97 Å². The van der Waals surface area contributed by atoms with E-state index in [0.29, 0.717) is 35.6 Å². The Kier molecular flexibility index (Phi) is 3.82. The number of benzene rings is 2. The van der Waals surface area contributed by atoms with Gasteiger partial charge >= 0.3 is 0 Å². The van der Waals surface area contributed by atoms with E-state index in [4.69, 9.17) is 4.42 Å². The maximum atomic E-state index is 13.8. The first-order chi connectivity index (χ1) is 12.1. The Morgan fingerprint density at radius 3 is 2.72 bits per heavy atom. The summed E-state index contributed by atoms with van der Waals surface area (Å²) in [4.78, 5) is 20.7. The molecule has 6 heteroatoms. The summed E-state index contributed by atoms with van der Waals surface area (Å²) < 4.78 is 19.4. The van der Waals surface area contributed by atoms with Gasteiger partial charge in [-0.2, -0.15) is 0 Å². The Morgan fingerprint density at radius 1 is 1.12 bits per heavy atom. The Balaban J connectivity index is 1.66. The van der Waals surface area contributed by atoms with E-state index in [-0.39, 0.29) is 17.0 Å². The van der Waals surface area contributed by atoms with Crippen LogP contribution in [0.4, 0.5) is 4.39 Å². The summed E-state index contributed by atoms with van der Waals surface area (Å²) in [6.45, 7) is 0.972. The summed E-state index contributed by atoms with van der Waals surface area (Å²) >= 11 is 0. The number of para-hydroxylation sites is 1. The average Bonchev–Trinajstić information content (AvgIpc) is 2.96. The van der Waals surface area contributed by atoms with Gasteiger partial charge in [0.1, 0.15) is 30.0 Å². The molecule has 1 atom stereocenters. The molecule has 0 radical (unpaired) electrons. The molecule has 1 unspecified atom stereocenters. The molecule has 126 valence electrons. The zero-order chi connectivity index (χ0) is 17.4. The lowest BCUT2D eigenvalue weighted by Gasteiger charge is -2.13. The van der Waals surface area contributed by atoms with E-state index in [9.17, 15) is 9.18 Å². The Hall–Kier alpha value is -2.99. The number of halogens is 1. The average molecular weight is 338 g/mol. The third-order valence-corrected chi connectivity index (χ3v) is 4.20. The van der Waals surface area contributed by atoms with Crippen molar-refractivity contribution in [3.63, 3.8) is 0 Å². The third-order valence-electron chi connectivity index (χ3n) is 4.20. The van der Waals surface area contributed by atoms with E-state index >= 15 is 0 Å². The molecule has 2 heterocycles. The Labute approximate surface area is 142 Å². The number of hydrogen-bond donors (Lipinski definition) is 2. The van der Waals surface area contributed by atoms with Crippen LogP contribution in [0.1, 0.15) is 11.4 Å². The number of H-pyrrole nitrogens is 1. The molecule has 2 N–H and O–H groups in total. The Morgan fingerprint density at radius 2 is 1.88 bits per heavy atom. The highest BCUT2D eigenvalue weighted by Gasteiger charge is 2.15. The van der Waals surface area contributed by atoms with E-state index in [1.165, 1.54) is 6.07 Å². The molecule has 0 aliphatic carbocycles. The SMILES string of the molecule is C[NH+](Cc1nc2c(oc3ccccc32)c(=O)[nH]1)Cc1ccccc1F. The topological polar surface area (TPSA) is 63.3 Å². The first-order valence-electron chi connectivity index (χ1n) is 8.07. The van der Waals surface area contributed by atoms with Crippen molar-refractivity contribution in [3.8, 4) is 0 Å².